The summed E-state index contributed by atoms with van der Waals surface area (Å²) >= 11 is 1.19. The van der Waals surface area contributed by atoms with Gasteiger partial charge in [-0.2, -0.15) is 0 Å². The molecule has 0 atom stereocenters. The van der Waals surface area contributed by atoms with Crippen LogP contribution in [0.15, 0.2) is 63.5 Å². The van der Waals surface area contributed by atoms with Crippen molar-refractivity contribution in [2.24, 2.45) is 0 Å². The number of hydrogen-bond acceptors (Lipinski definition) is 5. The van der Waals surface area contributed by atoms with E-state index in [1.807, 2.05) is 0 Å². The summed E-state index contributed by atoms with van der Waals surface area (Å²) in [6.45, 7) is 3.40. The zero-order valence-electron chi connectivity index (χ0n) is 18.9. The van der Waals surface area contributed by atoms with Crippen LogP contribution in [0, 0.1) is 18.6 Å². The van der Waals surface area contributed by atoms with E-state index in [4.69, 9.17) is 0 Å². The van der Waals surface area contributed by atoms with E-state index in [1.165, 1.54) is 46.2 Å². The van der Waals surface area contributed by atoms with Crippen molar-refractivity contribution in [3.63, 3.8) is 0 Å². The Hall–Kier alpha value is -3.79. The summed E-state index contributed by atoms with van der Waals surface area (Å²) in [6.07, 6.45) is 0. The zero-order valence-corrected chi connectivity index (χ0v) is 19.7. The van der Waals surface area contributed by atoms with E-state index < -0.39 is 17.1 Å². The van der Waals surface area contributed by atoms with Crippen LogP contribution in [0.5, 0.6) is 0 Å². The molecule has 0 saturated carbocycles. The van der Waals surface area contributed by atoms with Gasteiger partial charge < -0.3 is 9.80 Å². The molecule has 0 unspecified atom stereocenters. The summed E-state index contributed by atoms with van der Waals surface area (Å²) in [4.78, 5) is 43.4. The number of fused-ring (bicyclic) bond motifs is 1. The van der Waals surface area contributed by atoms with Crippen LogP contribution in [0.25, 0.3) is 15.9 Å². The van der Waals surface area contributed by atoms with Crippen molar-refractivity contribution in [2.45, 2.75) is 13.5 Å². The fourth-order valence-electron chi connectivity index (χ4n) is 4.34. The van der Waals surface area contributed by atoms with Crippen molar-refractivity contribution in [3.05, 3.63) is 91.9 Å². The van der Waals surface area contributed by atoms with E-state index >= 15 is 0 Å². The second-order valence-corrected chi connectivity index (χ2v) is 9.34. The number of piperazine rings is 1. The van der Waals surface area contributed by atoms with Gasteiger partial charge in [-0.3, -0.25) is 14.2 Å². The summed E-state index contributed by atoms with van der Waals surface area (Å²) in [7, 11) is 0. The maximum Gasteiger partial charge on any atom is 0.336 e. The molecule has 1 fully saturated rings. The van der Waals surface area contributed by atoms with E-state index in [2.05, 4.69) is 4.90 Å². The summed E-state index contributed by atoms with van der Waals surface area (Å²) in [6, 6.07) is 11.9. The van der Waals surface area contributed by atoms with Crippen LogP contribution >= 0.6 is 11.3 Å². The van der Waals surface area contributed by atoms with Crippen molar-refractivity contribution in [1.29, 1.82) is 0 Å². The Morgan fingerprint density at radius 3 is 2.31 bits per heavy atom. The average Bonchev–Trinajstić information content (AvgIpc) is 3.35. The molecular weight excluding hydrogens is 474 g/mol. The van der Waals surface area contributed by atoms with Gasteiger partial charge in [-0.25, -0.2) is 18.1 Å². The van der Waals surface area contributed by atoms with E-state index in [0.29, 0.717) is 42.0 Å². The predicted molar refractivity (Wildman–Crippen MR) is 132 cm³/mol. The summed E-state index contributed by atoms with van der Waals surface area (Å²) in [5, 5.41) is 1.70. The van der Waals surface area contributed by atoms with Crippen LogP contribution in [0.1, 0.15) is 5.56 Å². The van der Waals surface area contributed by atoms with Gasteiger partial charge in [0.15, 0.2) is 0 Å². The topological polar surface area (TPSA) is 67.6 Å². The molecule has 2 aromatic heterocycles. The Morgan fingerprint density at radius 1 is 0.943 bits per heavy atom. The summed E-state index contributed by atoms with van der Waals surface area (Å²) in [5.41, 5.74) is 0.701. The number of rotatable bonds is 4. The molecule has 0 aliphatic carbocycles. The molecule has 0 N–H and O–H groups in total. The van der Waals surface area contributed by atoms with Gasteiger partial charge in [-0.05, 0) is 66.4 Å². The number of anilines is 1. The van der Waals surface area contributed by atoms with E-state index in [9.17, 15) is 23.2 Å². The van der Waals surface area contributed by atoms with Gasteiger partial charge in [0.1, 0.15) is 22.9 Å². The number of amides is 1. The van der Waals surface area contributed by atoms with Crippen LogP contribution in [-0.4, -0.2) is 46.1 Å². The molecule has 5 rings (SSSR count). The van der Waals surface area contributed by atoms with E-state index in [-0.39, 0.29) is 24.0 Å². The molecule has 10 heteroatoms. The molecule has 0 spiro atoms. The van der Waals surface area contributed by atoms with Crippen LogP contribution in [0.2, 0.25) is 0 Å². The highest BCUT2D eigenvalue weighted by molar-refractivity contribution is 7.17. The maximum absolute atomic E-state index is 13.8. The second-order valence-electron chi connectivity index (χ2n) is 8.42. The lowest BCUT2D eigenvalue weighted by molar-refractivity contribution is -0.132. The number of aromatic nitrogens is 2. The normalized spacial score (nSPS) is 14.0. The maximum atomic E-state index is 13.8. The summed E-state index contributed by atoms with van der Waals surface area (Å²) in [5.74, 6) is -0.974. The van der Waals surface area contributed by atoms with Crippen molar-refractivity contribution in [3.8, 4) is 5.69 Å². The quantitative estimate of drug-likeness (QED) is 0.436. The molecule has 1 aliphatic heterocycles. The van der Waals surface area contributed by atoms with Crippen LogP contribution in [-0.2, 0) is 11.3 Å². The van der Waals surface area contributed by atoms with E-state index in [0.717, 1.165) is 10.3 Å². The molecule has 35 heavy (non-hydrogen) atoms. The molecule has 1 saturated heterocycles. The third-order valence-corrected chi connectivity index (χ3v) is 7.16. The first-order valence-corrected chi connectivity index (χ1v) is 12.0. The lowest BCUT2D eigenvalue weighted by Gasteiger charge is -2.36. The molecule has 7 nitrogen and oxygen atoms in total. The highest BCUT2D eigenvalue weighted by atomic mass is 32.1. The average molecular weight is 497 g/mol. The number of hydrogen-bond donors (Lipinski definition) is 0. The van der Waals surface area contributed by atoms with Gasteiger partial charge in [0, 0.05) is 31.9 Å². The van der Waals surface area contributed by atoms with E-state index in [1.54, 1.807) is 35.4 Å². The first kappa shape index (κ1) is 23.0. The van der Waals surface area contributed by atoms with Crippen molar-refractivity contribution >= 4 is 33.1 Å². The number of nitrogens with zero attached hydrogens (tertiary/aromatic N) is 4. The fourth-order valence-corrected chi connectivity index (χ4v) is 5.16. The van der Waals surface area contributed by atoms with Gasteiger partial charge in [0.25, 0.3) is 5.56 Å². The molecule has 0 radical (unpaired) electrons. The van der Waals surface area contributed by atoms with Crippen LogP contribution in [0.3, 0.4) is 0 Å². The minimum absolute atomic E-state index is 0.219. The number of carbonyl (C=O) groups is 1. The van der Waals surface area contributed by atoms with Crippen molar-refractivity contribution in [1.82, 2.24) is 14.0 Å². The summed E-state index contributed by atoms with van der Waals surface area (Å²) < 4.78 is 29.6. The Bertz CT molecular complexity index is 1530. The molecule has 4 aromatic rings. The minimum Gasteiger partial charge on any atom is -0.368 e. The van der Waals surface area contributed by atoms with Crippen molar-refractivity contribution < 1.29 is 13.6 Å². The van der Waals surface area contributed by atoms with Crippen molar-refractivity contribution in [2.75, 3.05) is 31.1 Å². The zero-order chi connectivity index (χ0) is 24.7. The highest BCUT2D eigenvalue weighted by Crippen LogP contribution is 2.19. The van der Waals surface area contributed by atoms with Gasteiger partial charge in [-0.1, -0.05) is 0 Å². The standard InChI is InChI=1S/C25H22F2N4O3S/c1-16-14-19(6-7-20(16)27)31-24(33)23-21(8-13-35-23)30(25(31)34)15-22(32)29-11-9-28(10-12-29)18-4-2-17(26)3-5-18/h2-8,13-14H,9-12,15H2,1H3. The SMILES string of the molecule is Cc1cc(-n2c(=O)c3sccc3n(CC(=O)N3CCN(c4ccc(F)cc4)CC3)c2=O)ccc1F. The highest BCUT2D eigenvalue weighted by Gasteiger charge is 2.24. The number of benzene rings is 2. The molecule has 180 valence electrons. The largest absolute Gasteiger partial charge is 0.368 e. The lowest BCUT2D eigenvalue weighted by atomic mass is 10.2. The van der Waals surface area contributed by atoms with Crippen LogP contribution < -0.4 is 16.1 Å². The van der Waals surface area contributed by atoms with Gasteiger partial charge >= 0.3 is 5.69 Å². The van der Waals surface area contributed by atoms with Gasteiger partial charge in [0.2, 0.25) is 5.91 Å². The lowest BCUT2D eigenvalue weighted by Crippen LogP contribution is -2.50. The van der Waals surface area contributed by atoms with Crippen LogP contribution in [0.4, 0.5) is 14.5 Å². The third-order valence-electron chi connectivity index (χ3n) is 6.27. The number of halogens is 2. The monoisotopic (exact) mass is 496 g/mol. The number of carbonyl (C=O) groups excluding carboxylic acids is 1. The molecule has 0 bridgehead atoms. The second kappa shape index (κ2) is 9.10. The fraction of sp³-hybridized carbons (Fsp3) is 0.240. The molecule has 2 aromatic carbocycles. The molecule has 3 heterocycles. The Labute approximate surface area is 203 Å². The molecule has 1 aliphatic rings. The van der Waals surface area contributed by atoms with Gasteiger partial charge in [-0.15, -0.1) is 11.3 Å². The Balaban J connectivity index is 1.42. The van der Waals surface area contributed by atoms with Gasteiger partial charge in [0.05, 0.1) is 11.2 Å². The molecular formula is C25H22F2N4O3S. The first-order chi connectivity index (χ1) is 16.8. The number of thiophene rings is 1. The predicted octanol–water partition coefficient (Wildman–Crippen LogP) is 3.15. The number of aryl methyl sites for hydroxylation is 1. The molecule has 1 amide bonds. The third kappa shape index (κ3) is 4.25. The first-order valence-electron chi connectivity index (χ1n) is 11.1. The Morgan fingerprint density at radius 2 is 1.63 bits per heavy atom. The minimum atomic E-state index is -0.648. The Kier molecular flexibility index (Phi) is 5.98. The smallest absolute Gasteiger partial charge is 0.336 e.